The first-order valence-electron chi connectivity index (χ1n) is 7.11. The molecule has 1 amide bonds. The lowest BCUT2D eigenvalue weighted by Gasteiger charge is -2.14. The average Bonchev–Trinajstić information content (AvgIpc) is 2.58. The third-order valence-corrected chi connectivity index (χ3v) is 3.35. The van der Waals surface area contributed by atoms with E-state index in [4.69, 9.17) is 4.74 Å². The van der Waals surface area contributed by atoms with Gasteiger partial charge in [0.15, 0.2) is 0 Å². The molecule has 2 aromatic rings. The Morgan fingerprint density at radius 2 is 1.88 bits per heavy atom. The van der Waals surface area contributed by atoms with Crippen molar-refractivity contribution in [1.29, 1.82) is 0 Å². The minimum Gasteiger partial charge on any atom is -0.491 e. The Hall–Kier alpha value is -2.54. The molecule has 2 rings (SSSR count). The number of nitrogens with one attached hydrogen (secondary N) is 1. The fraction of sp³-hybridized carbons (Fsp3) is 0.235. The largest absolute Gasteiger partial charge is 0.491 e. The standard InChI is InChI=1S/C17H16F3NO3/c1-21-16(23)12-3-2-4-14(9-12)24-10-15(22)11-5-7-13(8-6-11)17(18,19)20/h2-9,15,22H,10H2,1H3,(H,21,23). The number of aliphatic hydroxyl groups excluding tert-OH is 1. The Morgan fingerprint density at radius 1 is 1.21 bits per heavy atom. The van der Waals surface area contributed by atoms with Gasteiger partial charge in [-0.25, -0.2) is 0 Å². The zero-order chi connectivity index (χ0) is 17.7. The van der Waals surface area contributed by atoms with E-state index in [1.807, 2.05) is 0 Å². The smallest absolute Gasteiger partial charge is 0.416 e. The van der Waals surface area contributed by atoms with Gasteiger partial charge in [0.2, 0.25) is 0 Å². The lowest BCUT2D eigenvalue weighted by Crippen LogP contribution is -2.17. The summed E-state index contributed by atoms with van der Waals surface area (Å²) in [6, 6.07) is 10.6. The number of hydrogen-bond donors (Lipinski definition) is 2. The molecule has 128 valence electrons. The third-order valence-electron chi connectivity index (χ3n) is 3.35. The molecule has 0 fully saturated rings. The number of ether oxygens (including phenoxy) is 1. The van der Waals surface area contributed by atoms with E-state index in [2.05, 4.69) is 5.32 Å². The summed E-state index contributed by atoms with van der Waals surface area (Å²) >= 11 is 0. The molecule has 0 aromatic heterocycles. The van der Waals surface area contributed by atoms with Gasteiger partial charge in [0, 0.05) is 12.6 Å². The highest BCUT2D eigenvalue weighted by atomic mass is 19.4. The van der Waals surface area contributed by atoms with Gasteiger partial charge in [-0.3, -0.25) is 4.79 Å². The van der Waals surface area contributed by atoms with Gasteiger partial charge in [0.1, 0.15) is 18.5 Å². The molecule has 1 atom stereocenters. The number of hydrogen-bond acceptors (Lipinski definition) is 3. The first-order valence-corrected chi connectivity index (χ1v) is 7.11. The summed E-state index contributed by atoms with van der Waals surface area (Å²) in [4.78, 5) is 11.5. The van der Waals surface area contributed by atoms with Crippen LogP contribution in [0.3, 0.4) is 0 Å². The molecular formula is C17H16F3NO3. The van der Waals surface area contributed by atoms with Crippen molar-refractivity contribution in [1.82, 2.24) is 5.32 Å². The summed E-state index contributed by atoms with van der Waals surface area (Å²) in [5, 5.41) is 12.5. The summed E-state index contributed by atoms with van der Waals surface area (Å²) < 4.78 is 42.9. The minimum absolute atomic E-state index is 0.150. The average molecular weight is 339 g/mol. The van der Waals surface area contributed by atoms with Crippen molar-refractivity contribution in [3.05, 3.63) is 65.2 Å². The van der Waals surface area contributed by atoms with Gasteiger partial charge in [-0.15, -0.1) is 0 Å². The van der Waals surface area contributed by atoms with Crippen LogP contribution in [-0.2, 0) is 6.18 Å². The second kappa shape index (κ2) is 7.35. The van der Waals surface area contributed by atoms with Crippen molar-refractivity contribution in [2.24, 2.45) is 0 Å². The number of alkyl halides is 3. The number of halogens is 3. The number of rotatable bonds is 5. The van der Waals surface area contributed by atoms with Crippen LogP contribution < -0.4 is 10.1 Å². The Balaban J connectivity index is 2.00. The summed E-state index contributed by atoms with van der Waals surface area (Å²) in [6.45, 7) is -0.150. The molecule has 24 heavy (non-hydrogen) atoms. The maximum absolute atomic E-state index is 12.5. The van der Waals surface area contributed by atoms with Crippen molar-refractivity contribution in [2.45, 2.75) is 12.3 Å². The maximum Gasteiger partial charge on any atom is 0.416 e. The second-order valence-corrected chi connectivity index (χ2v) is 5.05. The van der Waals surface area contributed by atoms with E-state index in [1.54, 1.807) is 18.2 Å². The lowest BCUT2D eigenvalue weighted by atomic mass is 10.1. The predicted octanol–water partition coefficient (Wildman–Crippen LogP) is 3.18. The fourth-order valence-electron chi connectivity index (χ4n) is 2.04. The maximum atomic E-state index is 12.5. The number of benzene rings is 2. The Morgan fingerprint density at radius 3 is 2.46 bits per heavy atom. The van der Waals surface area contributed by atoms with Crippen LogP contribution in [0.2, 0.25) is 0 Å². The molecular weight excluding hydrogens is 323 g/mol. The highest BCUT2D eigenvalue weighted by Crippen LogP contribution is 2.30. The Kier molecular flexibility index (Phi) is 5.46. The van der Waals surface area contributed by atoms with Crippen LogP contribution in [0.1, 0.15) is 27.6 Å². The normalized spacial score (nSPS) is 12.5. The summed E-state index contributed by atoms with van der Waals surface area (Å²) in [5.74, 6) is 0.103. The van der Waals surface area contributed by atoms with Crippen molar-refractivity contribution in [2.75, 3.05) is 13.7 Å². The molecule has 1 unspecified atom stereocenters. The van der Waals surface area contributed by atoms with Crippen LogP contribution in [-0.4, -0.2) is 24.7 Å². The van der Waals surface area contributed by atoms with Crippen LogP contribution in [0.25, 0.3) is 0 Å². The molecule has 0 radical (unpaired) electrons. The molecule has 0 aliphatic carbocycles. The van der Waals surface area contributed by atoms with E-state index < -0.39 is 17.8 Å². The lowest BCUT2D eigenvalue weighted by molar-refractivity contribution is -0.137. The van der Waals surface area contributed by atoms with Crippen LogP contribution in [0.5, 0.6) is 5.75 Å². The van der Waals surface area contributed by atoms with Gasteiger partial charge in [-0.1, -0.05) is 18.2 Å². The number of carbonyl (C=O) groups excluding carboxylic acids is 1. The van der Waals surface area contributed by atoms with Gasteiger partial charge in [-0.05, 0) is 35.9 Å². The van der Waals surface area contributed by atoms with Crippen molar-refractivity contribution >= 4 is 5.91 Å². The number of carbonyl (C=O) groups is 1. The van der Waals surface area contributed by atoms with Crippen LogP contribution >= 0.6 is 0 Å². The fourth-order valence-corrected chi connectivity index (χ4v) is 2.04. The number of amides is 1. The molecule has 4 nitrogen and oxygen atoms in total. The molecule has 7 heteroatoms. The van der Waals surface area contributed by atoms with E-state index in [0.29, 0.717) is 16.9 Å². The van der Waals surface area contributed by atoms with Crippen molar-refractivity contribution in [3.8, 4) is 5.75 Å². The van der Waals surface area contributed by atoms with Crippen LogP contribution in [0, 0.1) is 0 Å². The molecule has 0 bridgehead atoms. The summed E-state index contributed by atoms with van der Waals surface area (Å²) in [5.41, 5.74) is -0.0675. The first-order chi connectivity index (χ1) is 11.3. The topological polar surface area (TPSA) is 58.6 Å². The predicted molar refractivity (Wildman–Crippen MR) is 81.7 cm³/mol. The minimum atomic E-state index is -4.42. The van der Waals surface area contributed by atoms with Crippen molar-refractivity contribution < 1.29 is 27.8 Å². The molecule has 0 saturated carbocycles. The first kappa shape index (κ1) is 17.8. The quantitative estimate of drug-likeness (QED) is 0.880. The SMILES string of the molecule is CNC(=O)c1cccc(OCC(O)c2ccc(C(F)(F)F)cc2)c1. The van der Waals surface area contributed by atoms with Gasteiger partial charge in [-0.2, -0.15) is 13.2 Å². The van der Waals surface area contributed by atoms with E-state index in [0.717, 1.165) is 12.1 Å². The monoisotopic (exact) mass is 339 g/mol. The summed E-state index contributed by atoms with van der Waals surface area (Å²) in [7, 11) is 1.50. The molecule has 0 spiro atoms. The van der Waals surface area contributed by atoms with E-state index >= 15 is 0 Å². The molecule has 0 heterocycles. The third kappa shape index (κ3) is 4.48. The molecule has 0 saturated heterocycles. The van der Waals surface area contributed by atoms with Crippen LogP contribution in [0.4, 0.5) is 13.2 Å². The van der Waals surface area contributed by atoms with E-state index in [-0.39, 0.29) is 12.5 Å². The van der Waals surface area contributed by atoms with Crippen LogP contribution in [0.15, 0.2) is 48.5 Å². The highest BCUT2D eigenvalue weighted by molar-refractivity contribution is 5.94. The van der Waals surface area contributed by atoms with Gasteiger partial charge >= 0.3 is 6.18 Å². The zero-order valence-corrected chi connectivity index (χ0v) is 12.8. The number of aliphatic hydroxyl groups is 1. The van der Waals surface area contributed by atoms with E-state index in [9.17, 15) is 23.1 Å². The molecule has 2 N–H and O–H groups in total. The second-order valence-electron chi connectivity index (χ2n) is 5.05. The van der Waals surface area contributed by atoms with Gasteiger partial charge in [0.25, 0.3) is 5.91 Å². The Bertz CT molecular complexity index is 699. The summed E-state index contributed by atoms with van der Waals surface area (Å²) in [6.07, 6.45) is -5.50. The van der Waals surface area contributed by atoms with E-state index in [1.165, 1.54) is 25.2 Å². The Labute approximate surface area is 136 Å². The van der Waals surface area contributed by atoms with Gasteiger partial charge < -0.3 is 15.2 Å². The molecule has 2 aromatic carbocycles. The zero-order valence-electron chi connectivity index (χ0n) is 12.8. The highest BCUT2D eigenvalue weighted by Gasteiger charge is 2.30. The molecule has 0 aliphatic heterocycles. The van der Waals surface area contributed by atoms with Gasteiger partial charge in [0.05, 0.1) is 5.56 Å². The van der Waals surface area contributed by atoms with Crippen molar-refractivity contribution in [3.63, 3.8) is 0 Å². The molecule has 0 aliphatic rings.